The van der Waals surface area contributed by atoms with Gasteiger partial charge in [-0.05, 0) is 29.5 Å². The number of pyridine rings is 1. The minimum absolute atomic E-state index is 0.634. The van der Waals surface area contributed by atoms with Gasteiger partial charge in [-0.25, -0.2) is 9.97 Å². The van der Waals surface area contributed by atoms with Crippen molar-refractivity contribution >= 4 is 28.1 Å². The lowest BCUT2D eigenvalue weighted by Crippen LogP contribution is -2.60. The Hall–Kier alpha value is -2.05. The zero-order valence-corrected chi connectivity index (χ0v) is 13.5. The molecule has 1 saturated heterocycles. The summed E-state index contributed by atoms with van der Waals surface area (Å²) in [6.07, 6.45) is 6.46. The molecule has 0 radical (unpaired) electrons. The first-order chi connectivity index (χ1) is 11.4. The van der Waals surface area contributed by atoms with Crippen molar-refractivity contribution in [2.45, 2.75) is 19.0 Å². The summed E-state index contributed by atoms with van der Waals surface area (Å²) in [5.41, 5.74) is 2.44. The topological polar surface area (TPSA) is 45.2 Å². The molecule has 6 heteroatoms. The summed E-state index contributed by atoms with van der Waals surface area (Å²) in [4.78, 5) is 19.5. The molecular formula is C17H17N5S. The van der Waals surface area contributed by atoms with Crippen LogP contribution in [0.3, 0.4) is 0 Å². The summed E-state index contributed by atoms with van der Waals surface area (Å²) < 4.78 is 0. The van der Waals surface area contributed by atoms with Crippen LogP contribution in [0.4, 0.5) is 5.82 Å². The third kappa shape index (κ3) is 2.21. The van der Waals surface area contributed by atoms with Gasteiger partial charge in [0.1, 0.15) is 12.1 Å². The molecule has 0 atom stereocenters. The van der Waals surface area contributed by atoms with Crippen molar-refractivity contribution in [1.82, 2.24) is 19.9 Å². The van der Waals surface area contributed by atoms with E-state index in [-0.39, 0.29) is 0 Å². The smallest absolute Gasteiger partial charge is 0.140 e. The highest BCUT2D eigenvalue weighted by Crippen LogP contribution is 2.31. The van der Waals surface area contributed by atoms with E-state index in [2.05, 4.69) is 36.2 Å². The van der Waals surface area contributed by atoms with Crippen molar-refractivity contribution < 1.29 is 0 Å². The number of thiophene rings is 1. The van der Waals surface area contributed by atoms with Crippen LogP contribution in [-0.4, -0.2) is 45.5 Å². The average Bonchev–Trinajstić information content (AvgIpc) is 3.01. The molecule has 3 aromatic heterocycles. The Morgan fingerprint density at radius 1 is 1.17 bits per heavy atom. The highest BCUT2D eigenvalue weighted by atomic mass is 32.1. The van der Waals surface area contributed by atoms with Gasteiger partial charge in [-0.3, -0.25) is 9.88 Å². The van der Waals surface area contributed by atoms with E-state index in [4.69, 9.17) is 0 Å². The standard InChI is InChI=1S/C17H17N5S/c1-4-18-7-15-14(1)17(20-11-19-15)22-9-13(10-22)21-5-2-16-12(8-21)3-6-23-16/h1,3-4,6-7,11,13H,2,5,8-10H2. The fourth-order valence-electron chi connectivity index (χ4n) is 3.59. The van der Waals surface area contributed by atoms with Crippen LogP contribution in [0.25, 0.3) is 10.9 Å². The lowest BCUT2D eigenvalue weighted by atomic mass is 10.0. The Morgan fingerprint density at radius 3 is 3.09 bits per heavy atom. The molecule has 116 valence electrons. The van der Waals surface area contributed by atoms with Crippen molar-refractivity contribution in [2.75, 3.05) is 24.5 Å². The molecule has 2 aliphatic rings. The number of fused-ring (bicyclic) bond motifs is 2. The van der Waals surface area contributed by atoms with E-state index in [0.29, 0.717) is 6.04 Å². The second-order valence-electron chi connectivity index (χ2n) is 6.24. The molecule has 0 N–H and O–H groups in total. The summed E-state index contributed by atoms with van der Waals surface area (Å²) in [6.45, 7) is 4.38. The van der Waals surface area contributed by atoms with Crippen molar-refractivity contribution in [3.05, 3.63) is 46.7 Å². The number of nitrogens with zero attached hydrogens (tertiary/aromatic N) is 5. The largest absolute Gasteiger partial charge is 0.353 e. The molecule has 0 saturated carbocycles. The molecule has 0 spiro atoms. The van der Waals surface area contributed by atoms with Gasteiger partial charge in [0.05, 0.1) is 11.7 Å². The van der Waals surface area contributed by atoms with Crippen LogP contribution < -0.4 is 4.90 Å². The van der Waals surface area contributed by atoms with E-state index >= 15 is 0 Å². The van der Waals surface area contributed by atoms with Crippen LogP contribution in [-0.2, 0) is 13.0 Å². The second-order valence-corrected chi connectivity index (χ2v) is 7.24. The van der Waals surface area contributed by atoms with Gasteiger partial charge >= 0.3 is 0 Å². The Morgan fingerprint density at radius 2 is 2.13 bits per heavy atom. The summed E-state index contributed by atoms with van der Waals surface area (Å²) in [5, 5.41) is 3.32. The molecule has 0 amide bonds. The number of aromatic nitrogens is 3. The average molecular weight is 323 g/mol. The van der Waals surface area contributed by atoms with E-state index in [9.17, 15) is 0 Å². The quantitative estimate of drug-likeness (QED) is 0.724. The maximum absolute atomic E-state index is 4.51. The molecule has 0 aliphatic carbocycles. The van der Waals surface area contributed by atoms with E-state index in [1.165, 1.54) is 18.5 Å². The normalized spacial score (nSPS) is 18.9. The van der Waals surface area contributed by atoms with Crippen LogP contribution in [0.1, 0.15) is 10.4 Å². The van der Waals surface area contributed by atoms with Gasteiger partial charge in [0.25, 0.3) is 0 Å². The number of hydrogen-bond acceptors (Lipinski definition) is 6. The molecule has 3 aromatic rings. The van der Waals surface area contributed by atoms with Crippen LogP contribution in [0, 0.1) is 0 Å². The van der Waals surface area contributed by atoms with Gasteiger partial charge < -0.3 is 4.90 Å². The first-order valence-electron chi connectivity index (χ1n) is 7.97. The highest BCUT2D eigenvalue weighted by molar-refractivity contribution is 7.10. The van der Waals surface area contributed by atoms with Crippen molar-refractivity contribution in [3.8, 4) is 0 Å². The summed E-state index contributed by atoms with van der Waals surface area (Å²) in [5.74, 6) is 1.04. The minimum atomic E-state index is 0.634. The van der Waals surface area contributed by atoms with Gasteiger partial charge in [0, 0.05) is 48.7 Å². The molecule has 5 nitrogen and oxygen atoms in total. The lowest BCUT2D eigenvalue weighted by molar-refractivity contribution is 0.151. The van der Waals surface area contributed by atoms with Gasteiger partial charge in [-0.1, -0.05) is 0 Å². The molecule has 1 fully saturated rings. The summed E-state index contributed by atoms with van der Waals surface area (Å²) >= 11 is 1.90. The zero-order valence-electron chi connectivity index (χ0n) is 12.7. The fraction of sp³-hybridized carbons (Fsp3) is 0.353. The van der Waals surface area contributed by atoms with Gasteiger partial charge in [-0.2, -0.15) is 0 Å². The van der Waals surface area contributed by atoms with Crippen molar-refractivity contribution in [3.63, 3.8) is 0 Å². The van der Waals surface area contributed by atoms with Gasteiger partial charge in [-0.15, -0.1) is 11.3 Å². The van der Waals surface area contributed by atoms with Crippen molar-refractivity contribution in [1.29, 1.82) is 0 Å². The van der Waals surface area contributed by atoms with Crippen LogP contribution in [0.15, 0.2) is 36.2 Å². The molecule has 0 bridgehead atoms. The molecule has 2 aliphatic heterocycles. The van der Waals surface area contributed by atoms with Crippen LogP contribution >= 0.6 is 11.3 Å². The zero-order chi connectivity index (χ0) is 15.2. The number of rotatable bonds is 2. The minimum Gasteiger partial charge on any atom is -0.353 e. The van der Waals surface area contributed by atoms with Crippen LogP contribution in [0.5, 0.6) is 0 Å². The summed E-state index contributed by atoms with van der Waals surface area (Å²) in [6, 6.07) is 4.93. The molecule has 5 rings (SSSR count). The Bertz CT molecular complexity index is 850. The first kappa shape index (κ1) is 13.4. The van der Waals surface area contributed by atoms with Gasteiger partial charge in [0.2, 0.25) is 0 Å². The third-order valence-electron chi connectivity index (χ3n) is 4.93. The van der Waals surface area contributed by atoms with Gasteiger partial charge in [0.15, 0.2) is 0 Å². The second kappa shape index (κ2) is 5.25. The predicted octanol–water partition coefficient (Wildman–Crippen LogP) is 2.33. The molecule has 0 unspecified atom stereocenters. The SMILES string of the molecule is c1cc2c(N3CC(N4CCc5sccc5C4)C3)ncnc2cn1. The van der Waals surface area contributed by atoms with E-state index in [1.54, 1.807) is 17.4 Å². The maximum atomic E-state index is 4.51. The maximum Gasteiger partial charge on any atom is 0.140 e. The van der Waals surface area contributed by atoms with E-state index in [0.717, 1.165) is 36.4 Å². The monoisotopic (exact) mass is 323 g/mol. The fourth-order valence-corrected chi connectivity index (χ4v) is 4.48. The Balaban J connectivity index is 1.33. The third-order valence-corrected chi connectivity index (χ3v) is 5.96. The molecule has 0 aromatic carbocycles. The molecule has 23 heavy (non-hydrogen) atoms. The summed E-state index contributed by atoms with van der Waals surface area (Å²) in [7, 11) is 0. The number of anilines is 1. The predicted molar refractivity (Wildman–Crippen MR) is 91.8 cm³/mol. The molecular weight excluding hydrogens is 306 g/mol. The first-order valence-corrected chi connectivity index (χ1v) is 8.85. The molecule has 5 heterocycles. The Kier molecular flexibility index (Phi) is 3.06. The lowest BCUT2D eigenvalue weighted by Gasteiger charge is -2.47. The van der Waals surface area contributed by atoms with E-state index < -0.39 is 0 Å². The Labute approximate surface area is 138 Å². The number of hydrogen-bond donors (Lipinski definition) is 0. The van der Waals surface area contributed by atoms with E-state index in [1.807, 2.05) is 23.6 Å². The highest BCUT2D eigenvalue weighted by Gasteiger charge is 2.35. The van der Waals surface area contributed by atoms with Crippen molar-refractivity contribution in [2.24, 2.45) is 0 Å². The van der Waals surface area contributed by atoms with Crippen LogP contribution in [0.2, 0.25) is 0 Å².